The van der Waals surface area contributed by atoms with Crippen LogP contribution in [0.4, 0.5) is 17.6 Å². The summed E-state index contributed by atoms with van der Waals surface area (Å²) in [5, 5.41) is 7.67. The molecule has 0 atom stereocenters. The minimum absolute atomic E-state index is 0.0374. The molecule has 0 aliphatic heterocycles. The third-order valence-electron chi connectivity index (χ3n) is 5.66. The van der Waals surface area contributed by atoms with Gasteiger partial charge in [-0.3, -0.25) is 4.79 Å². The van der Waals surface area contributed by atoms with E-state index in [2.05, 4.69) is 15.4 Å². The SMILES string of the molecule is O=C(NCc1cccc(C(F)(F)F)c1)c1cc(-c2ccccc2F)nc2cc(-c3ccc(Cl)cc3)nn12. The molecule has 0 spiro atoms. The van der Waals surface area contributed by atoms with Crippen molar-refractivity contribution in [1.82, 2.24) is 19.9 Å². The largest absolute Gasteiger partial charge is 0.416 e. The number of benzene rings is 3. The Kier molecular flexibility index (Phi) is 6.39. The van der Waals surface area contributed by atoms with Crippen molar-refractivity contribution in [2.45, 2.75) is 12.7 Å². The van der Waals surface area contributed by atoms with Crippen molar-refractivity contribution in [3.05, 3.63) is 113 Å². The van der Waals surface area contributed by atoms with E-state index >= 15 is 0 Å². The van der Waals surface area contributed by atoms with Crippen LogP contribution < -0.4 is 5.32 Å². The molecule has 5 rings (SSSR count). The van der Waals surface area contributed by atoms with Crippen molar-refractivity contribution in [2.24, 2.45) is 0 Å². The van der Waals surface area contributed by atoms with Gasteiger partial charge in [-0.15, -0.1) is 0 Å². The molecular formula is C27H17ClF4N4O. The lowest BCUT2D eigenvalue weighted by molar-refractivity contribution is -0.137. The van der Waals surface area contributed by atoms with Crippen LogP contribution in [0.25, 0.3) is 28.2 Å². The van der Waals surface area contributed by atoms with Crippen LogP contribution in [0.15, 0.2) is 84.9 Å². The Labute approximate surface area is 213 Å². The molecule has 10 heteroatoms. The second kappa shape index (κ2) is 9.67. The number of amides is 1. The zero-order chi connectivity index (χ0) is 26.2. The first-order valence-corrected chi connectivity index (χ1v) is 11.4. The van der Waals surface area contributed by atoms with Crippen molar-refractivity contribution < 1.29 is 22.4 Å². The number of rotatable bonds is 5. The number of aromatic nitrogens is 3. The Morgan fingerprint density at radius 3 is 2.41 bits per heavy atom. The van der Waals surface area contributed by atoms with Gasteiger partial charge in [0, 0.05) is 28.8 Å². The van der Waals surface area contributed by atoms with Crippen LogP contribution in [-0.2, 0) is 12.7 Å². The van der Waals surface area contributed by atoms with E-state index in [9.17, 15) is 22.4 Å². The Bertz CT molecular complexity index is 1610. The van der Waals surface area contributed by atoms with E-state index in [1.165, 1.54) is 40.9 Å². The number of carbonyl (C=O) groups is 1. The maximum Gasteiger partial charge on any atom is 0.416 e. The highest BCUT2D eigenvalue weighted by Gasteiger charge is 2.30. The molecule has 2 aromatic heterocycles. The minimum atomic E-state index is -4.50. The number of alkyl halides is 3. The molecule has 0 saturated carbocycles. The third-order valence-corrected chi connectivity index (χ3v) is 5.91. The molecule has 0 bridgehead atoms. The lowest BCUT2D eigenvalue weighted by atomic mass is 10.1. The smallest absolute Gasteiger partial charge is 0.347 e. The fraction of sp³-hybridized carbons (Fsp3) is 0.0741. The van der Waals surface area contributed by atoms with Gasteiger partial charge in [-0.2, -0.15) is 18.3 Å². The Hall–Kier alpha value is -4.24. The molecule has 0 unspecified atom stereocenters. The third kappa shape index (κ3) is 5.17. The zero-order valence-electron chi connectivity index (χ0n) is 18.9. The summed E-state index contributed by atoms with van der Waals surface area (Å²) in [5.41, 5.74) is 1.39. The fourth-order valence-electron chi connectivity index (χ4n) is 3.84. The summed E-state index contributed by atoms with van der Waals surface area (Å²) in [6.45, 7) is -0.160. The Morgan fingerprint density at radius 1 is 0.919 bits per heavy atom. The first kappa shape index (κ1) is 24.5. The summed E-state index contributed by atoms with van der Waals surface area (Å²) >= 11 is 5.98. The summed E-state index contributed by atoms with van der Waals surface area (Å²) in [7, 11) is 0. The van der Waals surface area contributed by atoms with Gasteiger partial charge >= 0.3 is 6.18 Å². The van der Waals surface area contributed by atoms with Gasteiger partial charge in [-0.25, -0.2) is 13.9 Å². The summed E-state index contributed by atoms with van der Waals surface area (Å²) in [6.07, 6.45) is -4.50. The second-order valence-corrected chi connectivity index (χ2v) is 8.63. The van der Waals surface area contributed by atoms with Gasteiger partial charge in [0.2, 0.25) is 0 Å². The van der Waals surface area contributed by atoms with E-state index in [1.807, 2.05) is 0 Å². The molecule has 0 aliphatic rings. The normalized spacial score (nSPS) is 11.6. The molecule has 1 N–H and O–H groups in total. The number of hydrogen-bond acceptors (Lipinski definition) is 3. The molecule has 0 radical (unpaired) electrons. The van der Waals surface area contributed by atoms with Crippen molar-refractivity contribution in [3.8, 4) is 22.5 Å². The summed E-state index contributed by atoms with van der Waals surface area (Å²) in [5.74, 6) is -1.14. The van der Waals surface area contributed by atoms with Crippen molar-refractivity contribution in [3.63, 3.8) is 0 Å². The first-order valence-electron chi connectivity index (χ1n) is 11.0. The van der Waals surface area contributed by atoms with Crippen LogP contribution in [0.1, 0.15) is 21.6 Å². The lowest BCUT2D eigenvalue weighted by Gasteiger charge is -2.11. The minimum Gasteiger partial charge on any atom is -0.347 e. The van der Waals surface area contributed by atoms with E-state index in [0.29, 0.717) is 10.7 Å². The van der Waals surface area contributed by atoms with E-state index in [1.54, 1.807) is 36.4 Å². The molecule has 3 aromatic carbocycles. The zero-order valence-corrected chi connectivity index (χ0v) is 19.7. The lowest BCUT2D eigenvalue weighted by Crippen LogP contribution is -2.26. The van der Waals surface area contributed by atoms with Crippen LogP contribution in [0.2, 0.25) is 5.02 Å². The molecule has 5 nitrogen and oxygen atoms in total. The highest BCUT2D eigenvalue weighted by molar-refractivity contribution is 6.30. The van der Waals surface area contributed by atoms with Crippen molar-refractivity contribution >= 4 is 23.2 Å². The van der Waals surface area contributed by atoms with Gasteiger partial charge in [-0.05, 0) is 48.0 Å². The average Bonchev–Trinajstić information content (AvgIpc) is 3.31. The molecule has 37 heavy (non-hydrogen) atoms. The Balaban J connectivity index is 1.55. The molecule has 1 amide bonds. The van der Waals surface area contributed by atoms with Crippen LogP contribution in [-0.4, -0.2) is 20.5 Å². The maximum atomic E-state index is 14.6. The Morgan fingerprint density at radius 2 is 1.68 bits per heavy atom. The highest BCUT2D eigenvalue weighted by Crippen LogP contribution is 2.30. The molecule has 5 aromatic rings. The van der Waals surface area contributed by atoms with Crippen molar-refractivity contribution in [2.75, 3.05) is 0 Å². The molecule has 0 saturated heterocycles. The van der Waals surface area contributed by atoms with Gasteiger partial charge in [-0.1, -0.05) is 48.0 Å². The molecule has 186 valence electrons. The molecule has 2 heterocycles. The van der Waals surface area contributed by atoms with Crippen LogP contribution >= 0.6 is 11.6 Å². The highest BCUT2D eigenvalue weighted by atomic mass is 35.5. The number of nitrogens with one attached hydrogen (secondary N) is 1. The summed E-state index contributed by atoms with van der Waals surface area (Å²) in [4.78, 5) is 17.7. The topological polar surface area (TPSA) is 59.3 Å². The molecular weight excluding hydrogens is 508 g/mol. The molecule has 0 aliphatic carbocycles. The van der Waals surface area contributed by atoms with Gasteiger partial charge in [0.1, 0.15) is 11.5 Å². The predicted molar refractivity (Wildman–Crippen MR) is 131 cm³/mol. The van der Waals surface area contributed by atoms with Crippen molar-refractivity contribution in [1.29, 1.82) is 0 Å². The predicted octanol–water partition coefficient (Wildman–Crippen LogP) is 6.80. The van der Waals surface area contributed by atoms with E-state index in [0.717, 1.165) is 17.7 Å². The monoisotopic (exact) mass is 524 g/mol. The quantitative estimate of drug-likeness (QED) is 0.257. The van der Waals surface area contributed by atoms with Crippen LogP contribution in [0, 0.1) is 5.82 Å². The second-order valence-electron chi connectivity index (χ2n) is 8.19. The summed E-state index contributed by atoms with van der Waals surface area (Å²) in [6, 6.07) is 20.6. The number of halogens is 5. The van der Waals surface area contributed by atoms with E-state index < -0.39 is 23.5 Å². The van der Waals surface area contributed by atoms with Crippen LogP contribution in [0.3, 0.4) is 0 Å². The maximum absolute atomic E-state index is 14.6. The number of carbonyl (C=O) groups excluding carboxylic acids is 1. The average molecular weight is 525 g/mol. The van der Waals surface area contributed by atoms with Gasteiger partial charge < -0.3 is 5.32 Å². The first-order chi connectivity index (χ1) is 17.7. The van der Waals surface area contributed by atoms with E-state index in [4.69, 9.17) is 11.6 Å². The van der Waals surface area contributed by atoms with E-state index in [-0.39, 0.29) is 34.7 Å². The standard InChI is InChI=1S/C27H17ClF4N4O/c28-19-10-8-17(9-11-19)22-14-25-34-23(20-6-1-2-7-21(20)29)13-24(36(25)35-22)26(37)33-15-16-4-3-5-18(12-16)27(30,31)32/h1-14H,15H2,(H,33,37). The summed E-state index contributed by atoms with van der Waals surface area (Å²) < 4.78 is 55.1. The molecule has 0 fully saturated rings. The number of nitrogens with zero attached hydrogens (tertiary/aromatic N) is 3. The number of fused-ring (bicyclic) bond motifs is 1. The van der Waals surface area contributed by atoms with Gasteiger partial charge in [0.15, 0.2) is 5.65 Å². The van der Waals surface area contributed by atoms with Gasteiger partial charge in [0.25, 0.3) is 5.91 Å². The fourth-order valence-corrected chi connectivity index (χ4v) is 3.96. The van der Waals surface area contributed by atoms with Crippen LogP contribution in [0.5, 0.6) is 0 Å². The van der Waals surface area contributed by atoms with Gasteiger partial charge in [0.05, 0.1) is 17.0 Å². The number of hydrogen-bond donors (Lipinski definition) is 1.